The molecular formula is C25H27F3N6O2. The van der Waals surface area contributed by atoms with Crippen molar-refractivity contribution < 1.29 is 23.1 Å². The van der Waals surface area contributed by atoms with Crippen LogP contribution in [0.4, 0.5) is 19.0 Å². The lowest BCUT2D eigenvalue weighted by molar-refractivity contribution is -0.138. The van der Waals surface area contributed by atoms with Gasteiger partial charge in [-0.3, -0.25) is 4.79 Å². The fourth-order valence-corrected chi connectivity index (χ4v) is 5.07. The maximum atomic E-state index is 13.7. The quantitative estimate of drug-likeness (QED) is 0.568. The number of aliphatic hydroxyl groups is 1. The lowest BCUT2D eigenvalue weighted by Crippen LogP contribution is -2.39. The largest absolute Gasteiger partial charge is 0.417 e. The summed E-state index contributed by atoms with van der Waals surface area (Å²) in [7, 11) is 0. The number of likely N-dealkylation sites (tertiary alicyclic amines) is 1. The van der Waals surface area contributed by atoms with E-state index in [0.717, 1.165) is 18.1 Å². The van der Waals surface area contributed by atoms with Gasteiger partial charge in [0.25, 0.3) is 5.91 Å². The summed E-state index contributed by atoms with van der Waals surface area (Å²) in [6.45, 7) is 4.35. The molecule has 1 aromatic carbocycles. The van der Waals surface area contributed by atoms with E-state index in [1.165, 1.54) is 17.0 Å². The third-order valence-electron chi connectivity index (χ3n) is 6.90. The highest BCUT2D eigenvalue weighted by molar-refractivity contribution is 5.96. The number of rotatable bonds is 3. The Balaban J connectivity index is 1.49. The van der Waals surface area contributed by atoms with Crippen molar-refractivity contribution in [2.75, 3.05) is 24.5 Å². The molecule has 2 N–H and O–H groups in total. The fourth-order valence-electron chi connectivity index (χ4n) is 5.07. The number of benzene rings is 1. The highest BCUT2D eigenvalue weighted by Crippen LogP contribution is 2.37. The van der Waals surface area contributed by atoms with Crippen molar-refractivity contribution in [1.82, 2.24) is 19.5 Å². The lowest BCUT2D eigenvalue weighted by atomic mass is 9.96. The summed E-state index contributed by atoms with van der Waals surface area (Å²) in [5.74, 6) is -0.0141. The summed E-state index contributed by atoms with van der Waals surface area (Å²) >= 11 is 0. The van der Waals surface area contributed by atoms with E-state index in [-0.39, 0.29) is 24.4 Å². The molecule has 1 amide bonds. The Morgan fingerprint density at radius 2 is 1.97 bits per heavy atom. The minimum Gasteiger partial charge on any atom is -0.385 e. The summed E-state index contributed by atoms with van der Waals surface area (Å²) < 4.78 is 42.8. The number of alkyl halides is 3. The van der Waals surface area contributed by atoms with Gasteiger partial charge in [0, 0.05) is 24.4 Å². The number of nitrogens with one attached hydrogen (secondary N) is 1. The number of aliphatic hydroxyl groups excluding tert-OH is 1. The number of aryl methyl sites for hydroxylation is 2. The predicted molar refractivity (Wildman–Crippen MR) is 127 cm³/mol. The van der Waals surface area contributed by atoms with Crippen molar-refractivity contribution in [1.29, 1.82) is 5.41 Å². The van der Waals surface area contributed by atoms with Crippen LogP contribution in [0.1, 0.15) is 58.0 Å². The van der Waals surface area contributed by atoms with Crippen LogP contribution in [0, 0.1) is 19.3 Å². The van der Waals surface area contributed by atoms with Gasteiger partial charge >= 0.3 is 6.18 Å². The van der Waals surface area contributed by atoms with Crippen molar-refractivity contribution >= 4 is 23.1 Å². The molecular weight excluding hydrogens is 473 g/mol. The van der Waals surface area contributed by atoms with Gasteiger partial charge in [0.2, 0.25) is 0 Å². The van der Waals surface area contributed by atoms with E-state index < -0.39 is 29.8 Å². The van der Waals surface area contributed by atoms with Gasteiger partial charge in [0.15, 0.2) is 5.65 Å². The average molecular weight is 501 g/mol. The Morgan fingerprint density at radius 3 is 2.67 bits per heavy atom. The second kappa shape index (κ2) is 8.88. The molecule has 2 fully saturated rings. The SMILES string of the molecule is Cc1ccc(C(=O)N2CCCC[C@H]2c2cc3nc(N4CC(=N)[C@@H](O)C4)c(C)cn3n2)c(C(F)(F)F)c1. The minimum atomic E-state index is -4.64. The standard InChI is InChI=1S/C25H27F3N6O2/c1-14-6-7-16(17(9-14)25(26,27)28)24(36)33-8-4-3-5-20(33)19-10-22-30-23(15(2)11-34(22)31-19)32-12-18(29)21(35)13-32/h6-7,9-11,20-21,29,35H,3-5,8,12-13H2,1-2H3/t20-,21-/m0/s1. The van der Waals surface area contributed by atoms with Crippen molar-refractivity contribution in [3.8, 4) is 0 Å². The lowest BCUT2D eigenvalue weighted by Gasteiger charge is -2.35. The maximum Gasteiger partial charge on any atom is 0.417 e. The second-order valence-corrected chi connectivity index (χ2v) is 9.60. The van der Waals surface area contributed by atoms with Gasteiger partial charge < -0.3 is 20.3 Å². The number of carbonyl (C=O) groups excluding carboxylic acids is 1. The van der Waals surface area contributed by atoms with Crippen LogP contribution in [0.3, 0.4) is 0 Å². The van der Waals surface area contributed by atoms with Crippen LogP contribution in [0.15, 0.2) is 30.5 Å². The molecule has 0 unspecified atom stereocenters. The van der Waals surface area contributed by atoms with Crippen LogP contribution < -0.4 is 4.90 Å². The maximum absolute atomic E-state index is 13.7. The van der Waals surface area contributed by atoms with Crippen molar-refractivity contribution in [2.24, 2.45) is 0 Å². The molecule has 2 aliphatic heterocycles. The summed E-state index contributed by atoms with van der Waals surface area (Å²) in [6.07, 6.45) is -1.55. The summed E-state index contributed by atoms with van der Waals surface area (Å²) in [6, 6.07) is 5.09. The van der Waals surface area contributed by atoms with E-state index in [1.807, 2.05) is 11.8 Å². The first-order valence-electron chi connectivity index (χ1n) is 11.9. The molecule has 2 aromatic heterocycles. The first kappa shape index (κ1) is 24.2. The minimum absolute atomic E-state index is 0.232. The van der Waals surface area contributed by atoms with Crippen LogP contribution in [0.2, 0.25) is 0 Å². The van der Waals surface area contributed by atoms with E-state index in [2.05, 4.69) is 5.10 Å². The molecule has 2 saturated heterocycles. The topological polar surface area (TPSA) is 97.8 Å². The number of amides is 1. The van der Waals surface area contributed by atoms with E-state index in [1.54, 1.807) is 23.7 Å². The van der Waals surface area contributed by atoms with Gasteiger partial charge in [0.1, 0.15) is 11.9 Å². The Morgan fingerprint density at radius 1 is 1.19 bits per heavy atom. The molecule has 11 heteroatoms. The molecule has 3 aromatic rings. The Kier molecular flexibility index (Phi) is 5.98. The molecule has 0 spiro atoms. The molecule has 2 atom stereocenters. The summed E-state index contributed by atoms with van der Waals surface area (Å²) in [4.78, 5) is 21.5. The predicted octanol–water partition coefficient (Wildman–Crippen LogP) is 3.93. The first-order valence-corrected chi connectivity index (χ1v) is 11.9. The van der Waals surface area contributed by atoms with Crippen molar-refractivity contribution in [2.45, 2.75) is 51.4 Å². The van der Waals surface area contributed by atoms with Crippen LogP contribution in [-0.4, -0.2) is 62.0 Å². The number of anilines is 1. The van der Waals surface area contributed by atoms with Crippen LogP contribution >= 0.6 is 0 Å². The zero-order valence-electron chi connectivity index (χ0n) is 20.0. The number of aromatic nitrogens is 3. The number of halogens is 3. The van der Waals surface area contributed by atoms with Gasteiger partial charge in [-0.2, -0.15) is 18.3 Å². The summed E-state index contributed by atoms with van der Waals surface area (Å²) in [5.41, 5.74) is 1.31. The highest BCUT2D eigenvalue weighted by atomic mass is 19.4. The van der Waals surface area contributed by atoms with Crippen LogP contribution in [0.5, 0.6) is 0 Å². The van der Waals surface area contributed by atoms with Gasteiger partial charge in [-0.05, 0) is 45.2 Å². The molecule has 36 heavy (non-hydrogen) atoms. The first-order chi connectivity index (χ1) is 17.0. The van der Waals surface area contributed by atoms with Crippen LogP contribution in [-0.2, 0) is 6.18 Å². The van der Waals surface area contributed by atoms with Crippen molar-refractivity contribution in [3.63, 3.8) is 0 Å². The number of hydrogen-bond acceptors (Lipinski definition) is 6. The molecule has 0 radical (unpaired) electrons. The Bertz CT molecular complexity index is 1350. The smallest absolute Gasteiger partial charge is 0.385 e. The molecule has 0 bridgehead atoms. The molecule has 4 heterocycles. The third-order valence-corrected chi connectivity index (χ3v) is 6.90. The third kappa shape index (κ3) is 4.32. The van der Waals surface area contributed by atoms with E-state index >= 15 is 0 Å². The second-order valence-electron chi connectivity index (χ2n) is 9.60. The Hall–Kier alpha value is -3.47. The molecule has 2 aliphatic rings. The van der Waals surface area contributed by atoms with Gasteiger partial charge in [-0.15, -0.1) is 0 Å². The van der Waals surface area contributed by atoms with E-state index in [9.17, 15) is 23.1 Å². The zero-order chi connectivity index (χ0) is 25.8. The average Bonchev–Trinajstić information content (AvgIpc) is 3.39. The highest BCUT2D eigenvalue weighted by Gasteiger charge is 2.39. The number of fused-ring (bicyclic) bond motifs is 1. The molecule has 190 valence electrons. The fraction of sp³-hybridized carbons (Fsp3) is 0.440. The molecule has 8 nitrogen and oxygen atoms in total. The number of β-amino-alcohol motifs (C(OH)–C–C–N with tert-alkyl or cyclic N) is 1. The van der Waals surface area contributed by atoms with E-state index in [0.29, 0.717) is 42.1 Å². The number of piperidine rings is 1. The van der Waals surface area contributed by atoms with Crippen molar-refractivity contribution in [3.05, 3.63) is 58.4 Å². The normalized spacial score (nSPS) is 21.0. The Labute approximate surface area is 205 Å². The van der Waals surface area contributed by atoms with Gasteiger partial charge in [-0.1, -0.05) is 11.6 Å². The molecule has 5 rings (SSSR count). The summed E-state index contributed by atoms with van der Waals surface area (Å²) in [5, 5.41) is 22.4. The number of nitrogens with zero attached hydrogens (tertiary/aromatic N) is 5. The molecule has 0 saturated carbocycles. The molecule has 0 aliphatic carbocycles. The monoisotopic (exact) mass is 500 g/mol. The number of hydrogen-bond donors (Lipinski definition) is 2. The van der Waals surface area contributed by atoms with E-state index in [4.69, 9.17) is 10.4 Å². The number of carbonyl (C=O) groups is 1. The van der Waals surface area contributed by atoms with Gasteiger partial charge in [0.05, 0.1) is 41.7 Å². The zero-order valence-corrected chi connectivity index (χ0v) is 20.0. The van der Waals surface area contributed by atoms with Gasteiger partial charge in [-0.25, -0.2) is 9.50 Å². The van der Waals surface area contributed by atoms with Crippen LogP contribution in [0.25, 0.3) is 5.65 Å².